The van der Waals surface area contributed by atoms with Crippen molar-refractivity contribution in [2.24, 2.45) is 23.5 Å². The lowest BCUT2D eigenvalue weighted by Crippen LogP contribution is -2.34. The molecule has 1 amide bonds. The predicted octanol–water partition coefficient (Wildman–Crippen LogP) is 6.38. The van der Waals surface area contributed by atoms with Crippen LogP contribution in [0.5, 0.6) is 0 Å². The van der Waals surface area contributed by atoms with Crippen molar-refractivity contribution in [3.8, 4) is 0 Å². The van der Waals surface area contributed by atoms with Crippen LogP contribution < -0.4 is 5.73 Å². The molecule has 7 heteroatoms. The van der Waals surface area contributed by atoms with Gasteiger partial charge in [-0.05, 0) is 89.5 Å². The average Bonchev–Trinajstić information content (AvgIpc) is 2.84. The summed E-state index contributed by atoms with van der Waals surface area (Å²) in [5.41, 5.74) is 6.28. The van der Waals surface area contributed by atoms with Gasteiger partial charge in [-0.3, -0.25) is 4.79 Å². The van der Waals surface area contributed by atoms with Crippen LogP contribution in [0.25, 0.3) is 0 Å². The Labute approximate surface area is 230 Å². The minimum Gasteiger partial charge on any atom is -0.458 e. The molecule has 7 nitrogen and oxygen atoms in total. The Bertz CT molecular complexity index is 776. The minimum atomic E-state index is -0.907. The smallest absolute Gasteiger partial charge is 0.404 e. The number of nitrogens with two attached hydrogens (primary N) is 1. The highest BCUT2D eigenvalue weighted by atomic mass is 16.6. The maximum Gasteiger partial charge on any atom is 0.404 e. The van der Waals surface area contributed by atoms with Crippen molar-refractivity contribution >= 4 is 12.1 Å². The van der Waals surface area contributed by atoms with E-state index in [1.54, 1.807) is 6.92 Å². The van der Waals surface area contributed by atoms with Crippen molar-refractivity contribution < 1.29 is 29.3 Å². The molecule has 0 unspecified atom stereocenters. The lowest BCUT2D eigenvalue weighted by molar-refractivity contribution is -0.156. The zero-order chi connectivity index (χ0) is 28.5. The standard InChI is InChI=1S/C31H53NO6/c1-6-7-8-9-11-14-22(2)19-26-20-23(3)15-12-10-13-16-27(33)29(38-31(32)36)18-17-24(4)21-28(34)25(5)30(35)37-26/h10-12,14,19,23-29,33-34H,6-9,13,15-18,20-21H2,1-5H3,(H2,32,36)/b12-10+,14-11+,22-19+/t23-,24-,25-,26+,27-,28+,29-/m0/s1. The van der Waals surface area contributed by atoms with Gasteiger partial charge in [0.15, 0.2) is 0 Å². The van der Waals surface area contributed by atoms with Gasteiger partial charge in [0, 0.05) is 0 Å². The van der Waals surface area contributed by atoms with Crippen LogP contribution in [0.3, 0.4) is 0 Å². The zero-order valence-electron chi connectivity index (χ0n) is 24.3. The van der Waals surface area contributed by atoms with Crippen molar-refractivity contribution in [3.63, 3.8) is 0 Å². The van der Waals surface area contributed by atoms with Gasteiger partial charge in [0.05, 0.1) is 18.1 Å². The third-order valence-corrected chi connectivity index (χ3v) is 7.27. The molecular weight excluding hydrogens is 482 g/mol. The molecule has 1 aliphatic rings. The number of allylic oxidation sites excluding steroid dienone is 5. The molecule has 4 N–H and O–H groups in total. The minimum absolute atomic E-state index is 0.0426. The van der Waals surface area contributed by atoms with Crippen LogP contribution in [-0.4, -0.2) is 46.7 Å². The number of cyclic esters (lactones) is 1. The second-order valence-corrected chi connectivity index (χ2v) is 11.2. The first-order valence-corrected chi connectivity index (χ1v) is 14.6. The van der Waals surface area contributed by atoms with Gasteiger partial charge in [-0.1, -0.05) is 63.5 Å². The third kappa shape index (κ3) is 14.7. The van der Waals surface area contributed by atoms with Gasteiger partial charge in [0.25, 0.3) is 0 Å². The highest BCUT2D eigenvalue weighted by Gasteiger charge is 2.29. The van der Waals surface area contributed by atoms with Crippen molar-refractivity contribution in [2.75, 3.05) is 0 Å². The summed E-state index contributed by atoms with van der Waals surface area (Å²) in [6.45, 7) is 10.0. The topological polar surface area (TPSA) is 119 Å². The Morgan fingerprint density at radius 3 is 2.50 bits per heavy atom. The van der Waals surface area contributed by atoms with Gasteiger partial charge in [-0.25, -0.2) is 4.79 Å². The van der Waals surface area contributed by atoms with E-state index < -0.39 is 36.3 Å². The van der Waals surface area contributed by atoms with E-state index in [-0.39, 0.29) is 17.9 Å². The van der Waals surface area contributed by atoms with Crippen LogP contribution >= 0.6 is 0 Å². The monoisotopic (exact) mass is 535 g/mol. The number of hydrogen-bond donors (Lipinski definition) is 3. The molecule has 1 heterocycles. The van der Waals surface area contributed by atoms with Crippen LogP contribution in [0.15, 0.2) is 36.0 Å². The number of aliphatic hydroxyl groups is 2. The fourth-order valence-electron chi connectivity index (χ4n) is 4.75. The highest BCUT2D eigenvalue weighted by Crippen LogP contribution is 2.24. The van der Waals surface area contributed by atoms with Gasteiger partial charge in [-0.15, -0.1) is 0 Å². The van der Waals surface area contributed by atoms with E-state index in [1.165, 1.54) is 19.3 Å². The van der Waals surface area contributed by atoms with Crippen molar-refractivity contribution in [1.29, 1.82) is 0 Å². The van der Waals surface area contributed by atoms with Crippen LogP contribution in [0.1, 0.15) is 105 Å². The van der Waals surface area contributed by atoms with Crippen molar-refractivity contribution in [1.82, 2.24) is 0 Å². The molecule has 0 aromatic carbocycles. The molecule has 0 radical (unpaired) electrons. The fourth-order valence-corrected chi connectivity index (χ4v) is 4.75. The number of esters is 1. The average molecular weight is 536 g/mol. The molecule has 0 aromatic heterocycles. The maximum absolute atomic E-state index is 13.0. The summed E-state index contributed by atoms with van der Waals surface area (Å²) in [6.07, 6.45) is 15.4. The molecule has 0 aromatic rings. The van der Waals surface area contributed by atoms with E-state index in [0.717, 1.165) is 18.4 Å². The summed E-state index contributed by atoms with van der Waals surface area (Å²) >= 11 is 0. The number of amides is 1. The Balaban J connectivity index is 3.02. The number of carbonyl (C=O) groups is 2. The number of aliphatic hydroxyl groups excluding tert-OH is 2. The molecule has 0 fully saturated rings. The molecule has 38 heavy (non-hydrogen) atoms. The molecule has 218 valence electrons. The molecule has 7 atom stereocenters. The Morgan fingerprint density at radius 2 is 1.82 bits per heavy atom. The van der Waals surface area contributed by atoms with Gasteiger partial charge in [0.1, 0.15) is 12.2 Å². The molecule has 0 saturated carbocycles. The Kier molecular flexibility index (Phi) is 17.0. The number of rotatable bonds is 7. The fraction of sp³-hybridized carbons (Fsp3) is 0.742. The molecular formula is C31H53NO6. The lowest BCUT2D eigenvalue weighted by Gasteiger charge is -2.26. The second-order valence-electron chi connectivity index (χ2n) is 11.2. The van der Waals surface area contributed by atoms with E-state index in [4.69, 9.17) is 15.2 Å². The lowest BCUT2D eigenvalue weighted by atomic mass is 9.90. The van der Waals surface area contributed by atoms with Crippen LogP contribution in [0.2, 0.25) is 0 Å². The molecule has 1 aliphatic heterocycles. The van der Waals surface area contributed by atoms with Crippen molar-refractivity contribution in [3.05, 3.63) is 36.0 Å². The largest absolute Gasteiger partial charge is 0.458 e. The van der Waals surface area contributed by atoms with Crippen LogP contribution in [-0.2, 0) is 14.3 Å². The number of hydrogen-bond acceptors (Lipinski definition) is 6. The third-order valence-electron chi connectivity index (χ3n) is 7.27. The molecule has 0 bridgehead atoms. The summed E-state index contributed by atoms with van der Waals surface area (Å²) in [6, 6.07) is 0. The van der Waals surface area contributed by atoms with E-state index in [9.17, 15) is 19.8 Å². The summed E-state index contributed by atoms with van der Waals surface area (Å²) in [5, 5.41) is 21.4. The maximum atomic E-state index is 13.0. The van der Waals surface area contributed by atoms with Crippen LogP contribution in [0, 0.1) is 17.8 Å². The van der Waals surface area contributed by atoms with E-state index in [0.29, 0.717) is 38.5 Å². The van der Waals surface area contributed by atoms with E-state index in [2.05, 4.69) is 32.1 Å². The molecule has 0 saturated heterocycles. The van der Waals surface area contributed by atoms with Gasteiger partial charge >= 0.3 is 12.1 Å². The number of ether oxygens (including phenoxy) is 2. The summed E-state index contributed by atoms with van der Waals surface area (Å²) in [7, 11) is 0. The zero-order valence-corrected chi connectivity index (χ0v) is 24.3. The van der Waals surface area contributed by atoms with Crippen LogP contribution in [0.4, 0.5) is 4.79 Å². The second kappa shape index (κ2) is 19.0. The molecule has 0 spiro atoms. The number of carbonyl (C=O) groups excluding carboxylic acids is 2. The Morgan fingerprint density at radius 1 is 1.08 bits per heavy atom. The van der Waals surface area contributed by atoms with Crippen molar-refractivity contribution in [2.45, 2.75) is 130 Å². The number of unbranched alkanes of at least 4 members (excludes halogenated alkanes) is 3. The highest BCUT2D eigenvalue weighted by molar-refractivity contribution is 5.73. The summed E-state index contributed by atoms with van der Waals surface area (Å²) in [5.74, 6) is -0.770. The predicted molar refractivity (Wildman–Crippen MR) is 152 cm³/mol. The molecule has 0 aliphatic carbocycles. The first-order valence-electron chi connectivity index (χ1n) is 14.6. The number of primary amides is 1. The normalized spacial score (nSPS) is 32.2. The summed E-state index contributed by atoms with van der Waals surface area (Å²) < 4.78 is 11.1. The van der Waals surface area contributed by atoms with E-state index in [1.807, 2.05) is 26.0 Å². The SMILES string of the molecule is CCCCC/C=C/C(C)=C/[C@@H]1C[C@@H](C)C/C=C/CC[C@H](O)[C@@H](OC(N)=O)CC[C@H](C)C[C@@H](O)[C@H](C)C(=O)O1. The van der Waals surface area contributed by atoms with E-state index >= 15 is 0 Å². The van der Waals surface area contributed by atoms with Gasteiger partial charge < -0.3 is 25.4 Å². The van der Waals surface area contributed by atoms with Gasteiger partial charge in [0.2, 0.25) is 0 Å². The summed E-state index contributed by atoms with van der Waals surface area (Å²) in [4.78, 5) is 24.4. The quantitative estimate of drug-likeness (QED) is 0.151. The Hall–Kier alpha value is -2.12. The first-order chi connectivity index (χ1) is 18.0. The molecule has 1 rings (SSSR count). The first kappa shape index (κ1) is 33.9. The van der Waals surface area contributed by atoms with Gasteiger partial charge in [-0.2, -0.15) is 0 Å².